The molecule has 1 atom stereocenters. The normalized spacial score (nSPS) is 20.4. The molecule has 0 amide bonds. The second kappa shape index (κ2) is 6.44. The summed E-state index contributed by atoms with van der Waals surface area (Å²) in [4.78, 5) is 10.9. The Morgan fingerprint density at radius 2 is 2.07 bits per heavy atom. The summed E-state index contributed by atoms with van der Waals surface area (Å²) in [6.07, 6.45) is 7.78. The van der Waals surface area contributed by atoms with Gasteiger partial charge in [0.15, 0.2) is 0 Å². The molecule has 0 aromatic carbocycles. The van der Waals surface area contributed by atoms with Gasteiger partial charge in [0.05, 0.1) is 6.61 Å². The van der Waals surface area contributed by atoms with E-state index < -0.39 is 0 Å². The molecular formula is C11H19BrO2. The Balaban J connectivity index is 2.05. The van der Waals surface area contributed by atoms with E-state index >= 15 is 0 Å². The standard InChI is InChI=1S/C11H19BrO2/c1-9(12)11(13)14-8-7-10-5-3-2-4-6-10/h9-10H,2-8H2,1H3. The van der Waals surface area contributed by atoms with Gasteiger partial charge in [-0.15, -0.1) is 0 Å². The molecule has 0 aromatic rings. The SMILES string of the molecule is CC(Br)C(=O)OCCC1CCCCC1. The number of hydrogen-bond acceptors (Lipinski definition) is 2. The molecule has 0 aliphatic heterocycles. The zero-order valence-electron chi connectivity index (χ0n) is 8.80. The van der Waals surface area contributed by atoms with Gasteiger partial charge in [0.2, 0.25) is 0 Å². The van der Waals surface area contributed by atoms with Crippen LogP contribution in [0.1, 0.15) is 45.4 Å². The average Bonchev–Trinajstić information content (AvgIpc) is 2.19. The Morgan fingerprint density at radius 1 is 1.43 bits per heavy atom. The topological polar surface area (TPSA) is 26.3 Å². The number of esters is 1. The van der Waals surface area contributed by atoms with Crippen LogP contribution < -0.4 is 0 Å². The van der Waals surface area contributed by atoms with Crippen molar-refractivity contribution in [1.29, 1.82) is 0 Å². The van der Waals surface area contributed by atoms with Crippen LogP contribution in [0, 0.1) is 5.92 Å². The minimum atomic E-state index is -0.172. The van der Waals surface area contributed by atoms with Crippen LogP contribution in [0.4, 0.5) is 0 Å². The molecule has 1 fully saturated rings. The Morgan fingerprint density at radius 3 is 2.64 bits per heavy atom. The van der Waals surface area contributed by atoms with Crippen LogP contribution in [0.2, 0.25) is 0 Å². The highest BCUT2D eigenvalue weighted by Gasteiger charge is 2.15. The highest BCUT2D eigenvalue weighted by Crippen LogP contribution is 2.26. The van der Waals surface area contributed by atoms with Crippen LogP contribution >= 0.6 is 15.9 Å². The fourth-order valence-corrected chi connectivity index (χ4v) is 2.05. The fourth-order valence-electron chi connectivity index (χ4n) is 1.92. The lowest BCUT2D eigenvalue weighted by Gasteiger charge is -2.21. The number of hydrogen-bond donors (Lipinski definition) is 0. The Hall–Kier alpha value is -0.0500. The van der Waals surface area contributed by atoms with Gasteiger partial charge in [-0.25, -0.2) is 0 Å². The molecule has 1 saturated carbocycles. The molecule has 0 aromatic heterocycles. The Labute approximate surface area is 94.5 Å². The first kappa shape index (κ1) is 12.0. The molecule has 0 bridgehead atoms. The number of halogens is 1. The van der Waals surface area contributed by atoms with E-state index in [-0.39, 0.29) is 10.8 Å². The molecule has 0 saturated heterocycles. The largest absolute Gasteiger partial charge is 0.465 e. The van der Waals surface area contributed by atoms with E-state index in [9.17, 15) is 4.79 Å². The van der Waals surface area contributed by atoms with E-state index in [4.69, 9.17) is 4.74 Å². The van der Waals surface area contributed by atoms with Gasteiger partial charge in [0.25, 0.3) is 0 Å². The summed E-state index contributed by atoms with van der Waals surface area (Å²) in [6.45, 7) is 2.39. The first-order chi connectivity index (χ1) is 6.70. The molecule has 82 valence electrons. The fraction of sp³-hybridized carbons (Fsp3) is 0.909. The van der Waals surface area contributed by atoms with Crippen LogP contribution in [0.15, 0.2) is 0 Å². The summed E-state index contributed by atoms with van der Waals surface area (Å²) in [5, 5.41) is 0. The molecule has 0 spiro atoms. The third-order valence-electron chi connectivity index (χ3n) is 2.82. The number of rotatable bonds is 4. The first-order valence-corrected chi connectivity index (χ1v) is 6.42. The van der Waals surface area contributed by atoms with Gasteiger partial charge in [0, 0.05) is 0 Å². The summed E-state index contributed by atoms with van der Waals surface area (Å²) < 4.78 is 5.12. The molecule has 0 heterocycles. The van der Waals surface area contributed by atoms with Gasteiger partial charge >= 0.3 is 5.97 Å². The van der Waals surface area contributed by atoms with Crippen molar-refractivity contribution in [2.45, 2.75) is 50.3 Å². The highest BCUT2D eigenvalue weighted by molar-refractivity contribution is 9.10. The summed E-state index contributed by atoms with van der Waals surface area (Å²) in [5.74, 6) is 0.656. The minimum absolute atomic E-state index is 0.138. The minimum Gasteiger partial charge on any atom is -0.465 e. The van der Waals surface area contributed by atoms with Gasteiger partial charge in [-0.2, -0.15) is 0 Å². The molecule has 1 aliphatic rings. The summed E-state index contributed by atoms with van der Waals surface area (Å²) in [6, 6.07) is 0. The molecule has 0 radical (unpaired) electrons. The number of carbonyl (C=O) groups excluding carboxylic acids is 1. The lowest BCUT2D eigenvalue weighted by Crippen LogP contribution is -2.17. The van der Waals surface area contributed by atoms with Crippen molar-refractivity contribution in [1.82, 2.24) is 0 Å². The van der Waals surface area contributed by atoms with E-state index in [0.717, 1.165) is 12.3 Å². The van der Waals surface area contributed by atoms with E-state index in [1.807, 2.05) is 0 Å². The maximum atomic E-state index is 11.1. The van der Waals surface area contributed by atoms with Crippen molar-refractivity contribution in [2.75, 3.05) is 6.61 Å². The zero-order chi connectivity index (χ0) is 10.4. The van der Waals surface area contributed by atoms with Crippen molar-refractivity contribution in [3.8, 4) is 0 Å². The predicted molar refractivity (Wildman–Crippen MR) is 60.5 cm³/mol. The lowest BCUT2D eigenvalue weighted by atomic mass is 9.87. The molecule has 1 unspecified atom stereocenters. The molecular weight excluding hydrogens is 244 g/mol. The van der Waals surface area contributed by atoms with E-state index in [2.05, 4.69) is 15.9 Å². The monoisotopic (exact) mass is 262 g/mol. The lowest BCUT2D eigenvalue weighted by molar-refractivity contribution is -0.142. The smallest absolute Gasteiger partial charge is 0.319 e. The molecule has 2 nitrogen and oxygen atoms in total. The van der Waals surface area contributed by atoms with Crippen molar-refractivity contribution >= 4 is 21.9 Å². The number of carbonyl (C=O) groups is 1. The first-order valence-electron chi connectivity index (χ1n) is 5.51. The second-order valence-electron chi connectivity index (χ2n) is 4.08. The van der Waals surface area contributed by atoms with E-state index in [1.165, 1.54) is 32.1 Å². The molecule has 3 heteroatoms. The van der Waals surface area contributed by atoms with Gasteiger partial charge in [-0.05, 0) is 19.3 Å². The van der Waals surface area contributed by atoms with Crippen molar-refractivity contribution in [3.63, 3.8) is 0 Å². The summed E-state index contributed by atoms with van der Waals surface area (Å²) in [7, 11) is 0. The third-order valence-corrected chi connectivity index (χ3v) is 3.19. The van der Waals surface area contributed by atoms with E-state index in [0.29, 0.717) is 6.61 Å². The van der Waals surface area contributed by atoms with Crippen LogP contribution in [0.25, 0.3) is 0 Å². The average molecular weight is 263 g/mol. The van der Waals surface area contributed by atoms with Gasteiger partial charge in [-0.1, -0.05) is 48.0 Å². The van der Waals surface area contributed by atoms with Crippen molar-refractivity contribution in [3.05, 3.63) is 0 Å². The van der Waals surface area contributed by atoms with E-state index in [1.54, 1.807) is 6.92 Å². The van der Waals surface area contributed by atoms with Crippen LogP contribution in [-0.2, 0) is 9.53 Å². The maximum Gasteiger partial charge on any atom is 0.319 e. The molecule has 1 rings (SSSR count). The number of ether oxygens (including phenoxy) is 1. The van der Waals surface area contributed by atoms with Crippen molar-refractivity contribution in [2.24, 2.45) is 5.92 Å². The molecule has 0 N–H and O–H groups in total. The van der Waals surface area contributed by atoms with Crippen molar-refractivity contribution < 1.29 is 9.53 Å². The summed E-state index contributed by atoms with van der Waals surface area (Å²) >= 11 is 3.19. The van der Waals surface area contributed by atoms with Crippen LogP contribution in [-0.4, -0.2) is 17.4 Å². The number of alkyl halides is 1. The Kier molecular flexibility index (Phi) is 5.53. The van der Waals surface area contributed by atoms with Crippen LogP contribution in [0.3, 0.4) is 0 Å². The van der Waals surface area contributed by atoms with Gasteiger partial charge in [0.1, 0.15) is 4.83 Å². The summed E-state index contributed by atoms with van der Waals surface area (Å²) in [5.41, 5.74) is 0. The van der Waals surface area contributed by atoms with Gasteiger partial charge < -0.3 is 4.74 Å². The second-order valence-corrected chi connectivity index (χ2v) is 5.45. The zero-order valence-corrected chi connectivity index (χ0v) is 10.4. The van der Waals surface area contributed by atoms with Gasteiger partial charge in [-0.3, -0.25) is 4.79 Å². The quantitative estimate of drug-likeness (QED) is 0.574. The third kappa shape index (κ3) is 4.45. The maximum absolute atomic E-state index is 11.1. The predicted octanol–water partition coefficient (Wildman–Crippen LogP) is 3.28. The van der Waals surface area contributed by atoms with Crippen LogP contribution in [0.5, 0.6) is 0 Å². The molecule has 1 aliphatic carbocycles. The Bertz CT molecular complexity index is 174. The highest BCUT2D eigenvalue weighted by atomic mass is 79.9. The molecule has 14 heavy (non-hydrogen) atoms.